The average Bonchev–Trinajstić information content (AvgIpc) is 1.68. The van der Waals surface area contributed by atoms with Gasteiger partial charge in [0.05, 0.1) is 79.2 Å². The van der Waals surface area contributed by atoms with Gasteiger partial charge in [-0.1, -0.05) is 358 Å². The fourth-order valence-electron chi connectivity index (χ4n) is 20.5. The van der Waals surface area contributed by atoms with Crippen molar-refractivity contribution in [3.8, 4) is 119 Å². The van der Waals surface area contributed by atoms with Crippen LogP contribution >= 0.6 is 0 Å². The minimum absolute atomic E-state index is 0.622. The van der Waals surface area contributed by atoms with Crippen LogP contribution in [0.3, 0.4) is 0 Å². The summed E-state index contributed by atoms with van der Waals surface area (Å²) in [5.41, 5.74) is 26.2. The number of nitrogens with zero attached hydrogens (tertiary/aromatic N) is 14. The van der Waals surface area contributed by atoms with E-state index >= 15 is 0 Å². The van der Waals surface area contributed by atoms with Crippen molar-refractivity contribution in [1.29, 1.82) is 0 Å². The van der Waals surface area contributed by atoms with Gasteiger partial charge in [0.2, 0.25) is 0 Å². The van der Waals surface area contributed by atoms with Crippen LogP contribution in [0, 0.1) is 6.57 Å². The van der Waals surface area contributed by atoms with Crippen molar-refractivity contribution in [2.75, 3.05) is 0 Å². The molecule has 0 aliphatic heterocycles. The molecule has 14 nitrogen and oxygen atoms in total. The maximum Gasteiger partial charge on any atom is 0.189 e. The molecular weight excluding hydrogens is 1720 g/mol. The average molecular weight is 1800 g/mol. The van der Waals surface area contributed by atoms with Crippen LogP contribution in [0.15, 0.2) is 462 Å². The molecule has 0 aliphatic rings. The molecule has 0 atom stereocenters. The number of hydrogen-bond donors (Lipinski definition) is 0. The van der Waals surface area contributed by atoms with Crippen molar-refractivity contribution in [2.45, 2.75) is 0 Å². The van der Waals surface area contributed by atoms with Crippen molar-refractivity contribution in [3.05, 3.63) is 473 Å². The molecule has 28 rings (SSSR count). The number of para-hydroxylation sites is 4. The predicted molar refractivity (Wildman–Crippen MR) is 578 cm³/mol. The predicted octanol–water partition coefficient (Wildman–Crippen LogP) is 32.0. The largest absolute Gasteiger partial charge is 0.311 e. The van der Waals surface area contributed by atoms with Crippen LogP contribution in [-0.4, -0.2) is 64.4 Å². The first-order valence-corrected chi connectivity index (χ1v) is 46.9. The Hall–Kier alpha value is -19.5. The van der Waals surface area contributed by atoms with E-state index in [2.05, 4.69) is 282 Å². The summed E-state index contributed by atoms with van der Waals surface area (Å²) in [6.07, 6.45) is 7.41. The van der Waals surface area contributed by atoms with E-state index in [0.717, 1.165) is 226 Å². The molecule has 0 spiro atoms. The summed E-state index contributed by atoms with van der Waals surface area (Å²) < 4.78 is 2.25. The van der Waals surface area contributed by atoms with Gasteiger partial charge in [0.1, 0.15) is 0 Å². The summed E-state index contributed by atoms with van der Waals surface area (Å²) in [6, 6.07) is 150. The molecule has 10 aromatic heterocycles. The highest BCUT2D eigenvalue weighted by Gasteiger charge is 2.26. The highest BCUT2D eigenvalue weighted by atomic mass is 15.0. The van der Waals surface area contributed by atoms with E-state index in [0.29, 0.717) is 29.0 Å². The molecule has 10 heterocycles. The molecular formula is C127H76N14. The molecule has 0 fully saturated rings. The second-order valence-corrected chi connectivity index (χ2v) is 35.1. The van der Waals surface area contributed by atoms with E-state index in [1.165, 1.54) is 21.5 Å². The molecule has 0 unspecified atom stereocenters. The Morgan fingerprint density at radius 3 is 0.915 bits per heavy atom. The zero-order valence-electron chi connectivity index (χ0n) is 75.6. The Balaban J connectivity index is 0.000000109. The molecule has 0 amide bonds. The third-order valence-electron chi connectivity index (χ3n) is 26.9. The second kappa shape index (κ2) is 34.8. The van der Waals surface area contributed by atoms with Gasteiger partial charge in [-0.25, -0.2) is 44.7 Å². The molecule has 654 valence electrons. The lowest BCUT2D eigenvalue weighted by Gasteiger charge is -2.16. The second-order valence-electron chi connectivity index (χ2n) is 35.1. The zero-order chi connectivity index (χ0) is 93.4. The van der Waals surface area contributed by atoms with Crippen LogP contribution in [0.2, 0.25) is 0 Å². The van der Waals surface area contributed by atoms with Crippen molar-refractivity contribution in [2.24, 2.45) is 0 Å². The van der Waals surface area contributed by atoms with Crippen LogP contribution in [0.25, 0.3) is 275 Å². The molecule has 18 aromatic carbocycles. The summed E-state index contributed by atoms with van der Waals surface area (Å²) in [5.74, 6) is 2.59. The van der Waals surface area contributed by atoms with Crippen molar-refractivity contribution in [3.63, 3.8) is 0 Å². The first-order valence-electron chi connectivity index (χ1n) is 46.9. The van der Waals surface area contributed by atoms with Crippen molar-refractivity contribution < 1.29 is 0 Å². The van der Waals surface area contributed by atoms with Gasteiger partial charge in [0.15, 0.2) is 29.0 Å². The molecule has 28 aromatic rings. The number of fused-ring (bicyclic) bond motifs is 27. The number of pyridine rings is 7. The molecule has 141 heavy (non-hydrogen) atoms. The molecule has 0 radical (unpaired) electrons. The lowest BCUT2D eigenvalue weighted by atomic mass is 9.91. The summed E-state index contributed by atoms with van der Waals surface area (Å²) >= 11 is 0. The van der Waals surface area contributed by atoms with Gasteiger partial charge in [-0.2, -0.15) is 0 Å². The Morgan fingerprint density at radius 1 is 0.184 bits per heavy atom. The first-order chi connectivity index (χ1) is 69.9. The van der Waals surface area contributed by atoms with Gasteiger partial charge in [-0.15, -0.1) is 0 Å². The third kappa shape index (κ3) is 14.5. The highest BCUT2D eigenvalue weighted by molar-refractivity contribution is 6.36. The summed E-state index contributed by atoms with van der Waals surface area (Å²) in [7, 11) is 0. The summed E-state index contributed by atoms with van der Waals surface area (Å²) in [4.78, 5) is 63.6. The van der Waals surface area contributed by atoms with Crippen molar-refractivity contribution in [1.82, 2.24) is 64.4 Å². The van der Waals surface area contributed by atoms with Crippen LogP contribution in [0.4, 0.5) is 5.69 Å². The Labute approximate surface area is 808 Å². The monoisotopic (exact) mass is 1800 g/mol. The molecule has 0 aliphatic carbocycles. The first kappa shape index (κ1) is 82.2. The summed E-state index contributed by atoms with van der Waals surface area (Å²) in [6.45, 7) is 7.62. The quantitative estimate of drug-likeness (QED) is 0.0890. The van der Waals surface area contributed by atoms with E-state index in [4.69, 9.17) is 66.4 Å². The number of rotatable bonds is 11. The lowest BCUT2D eigenvalue weighted by Crippen LogP contribution is -2.00. The number of aromatic nitrogens is 13. The molecule has 0 saturated carbocycles. The third-order valence-corrected chi connectivity index (χ3v) is 26.9. The number of hydrogen-bond acceptors (Lipinski definition) is 12. The fraction of sp³-hybridized carbons (Fsp3) is 0. The van der Waals surface area contributed by atoms with Crippen LogP contribution in [-0.2, 0) is 0 Å². The minimum Gasteiger partial charge on any atom is -0.311 e. The fourth-order valence-corrected chi connectivity index (χ4v) is 20.5. The van der Waals surface area contributed by atoms with Gasteiger partial charge in [-0.3, -0.25) is 19.9 Å². The standard InChI is InChI=1S/C44H25N5.C42H26N4.C41H25N5/c1-45-30-20-21-32-36-25-29(19-22-38(36)49(39(32)26-30)31-9-3-2-4-10-31)27-15-17-28(18-16-27)42-41-35-13-8-24-47-44(35)43-34(12-7-23-46-43)40(41)33-11-5-6-14-37(33)48-42;1-3-12-27(13-4-1)36-26-37(28-14-5-2-6-15-28)46-42(45-36)30-23-21-29(22-24-30)40-39-34-19-11-25-43-41(34)32-17-8-7-16-31(32)38(39)33-18-9-10-20-35(33)44-40;1-3-12-27(13-4-1)39-44-40(28-14-5-2-6-15-28)46-41(45-39)29-23-21-26(22-24-29)37-36-33-19-11-25-42-38(33)31-17-8-7-16-30(31)35(36)32-18-9-10-20-34(32)43-37/h2-26H;1-26H;1-25H. The Bertz CT molecular complexity index is 9440. The molecule has 0 saturated heterocycles. The van der Waals surface area contributed by atoms with Crippen LogP contribution in [0.1, 0.15) is 0 Å². The molecule has 0 bridgehead atoms. The van der Waals surface area contributed by atoms with E-state index in [-0.39, 0.29) is 0 Å². The van der Waals surface area contributed by atoms with Gasteiger partial charge >= 0.3 is 0 Å². The molecule has 14 heteroatoms. The molecule has 0 N–H and O–H groups in total. The van der Waals surface area contributed by atoms with E-state index in [1.54, 1.807) is 0 Å². The Morgan fingerprint density at radius 2 is 0.496 bits per heavy atom. The lowest BCUT2D eigenvalue weighted by molar-refractivity contribution is 1.07. The van der Waals surface area contributed by atoms with Gasteiger partial charge in [-0.05, 0) is 101 Å². The summed E-state index contributed by atoms with van der Waals surface area (Å²) in [5, 5.41) is 21.4. The highest BCUT2D eigenvalue weighted by Crippen LogP contribution is 2.48. The maximum absolute atomic E-state index is 7.62. The van der Waals surface area contributed by atoms with Crippen LogP contribution < -0.4 is 0 Å². The zero-order valence-corrected chi connectivity index (χ0v) is 75.6. The smallest absolute Gasteiger partial charge is 0.189 e. The Kier molecular flexibility index (Phi) is 20.3. The normalized spacial score (nSPS) is 11.5. The van der Waals surface area contributed by atoms with E-state index in [9.17, 15) is 0 Å². The van der Waals surface area contributed by atoms with E-state index < -0.39 is 0 Å². The van der Waals surface area contributed by atoms with Gasteiger partial charge in [0, 0.05) is 178 Å². The maximum atomic E-state index is 7.62. The minimum atomic E-state index is 0.622. The van der Waals surface area contributed by atoms with Crippen LogP contribution in [0.5, 0.6) is 0 Å². The number of benzene rings is 18. The van der Waals surface area contributed by atoms with Gasteiger partial charge < -0.3 is 4.57 Å². The van der Waals surface area contributed by atoms with Gasteiger partial charge in [0.25, 0.3) is 0 Å². The topological polar surface area (TPSA) is 164 Å². The van der Waals surface area contributed by atoms with E-state index in [1.807, 2.05) is 189 Å². The SMILES string of the molecule is [C-]#[N+]c1ccc2c3cc(-c4ccc(-c5nc6ccccc6c6c7cccnc7c7ncccc7c56)cc4)ccc3n(-c3ccccc3)c2c1.c1ccc(-c2cc(-c3ccccc3)nc(-c3ccc(-c4nc5ccccc5c5c6ccccc6c6ncccc6c45)cc3)n2)cc1.c1ccc(-c2nc(-c3ccccc3)nc(-c3ccc(-c4nc5ccccc5c5c6ccccc6c6ncccc6c45)cc3)n2)cc1. The van der Waals surface area contributed by atoms with Crippen molar-refractivity contribution >= 4 is 158 Å².